The SMILES string of the molecule is CC(C)(C)c1ccc(-c2ccc(C(C)(C)C)cc2N(c2ccc3c(c2)C(C)(C)c2ccccc2-3)c2ccc3c(c2)C2(c4ccccc4-c4ccccc42)c2ccccc2-3)cc1. The fourth-order valence-corrected chi connectivity index (χ4v) is 11.1. The van der Waals surface area contributed by atoms with Crippen LogP contribution in [-0.4, -0.2) is 0 Å². The third kappa shape index (κ3) is 5.39. The van der Waals surface area contributed by atoms with Gasteiger partial charge in [0.15, 0.2) is 0 Å². The van der Waals surface area contributed by atoms with Crippen LogP contribution in [0.1, 0.15) is 99.9 Å². The molecule has 0 saturated carbocycles. The Bertz CT molecular complexity index is 3010. The van der Waals surface area contributed by atoms with E-state index in [0.717, 1.165) is 11.4 Å². The Labute approximate surface area is 362 Å². The molecule has 3 aliphatic rings. The fraction of sp³-hybridized carbons (Fsp3) is 0.200. The third-order valence-electron chi connectivity index (χ3n) is 14.2. The molecule has 3 aliphatic carbocycles. The molecule has 0 unspecified atom stereocenters. The van der Waals surface area contributed by atoms with Crippen molar-refractivity contribution < 1.29 is 0 Å². The largest absolute Gasteiger partial charge is 0.310 e. The zero-order valence-electron chi connectivity index (χ0n) is 36.7. The molecular formula is C60H53N. The minimum atomic E-state index is -0.443. The molecule has 0 aliphatic heterocycles. The van der Waals surface area contributed by atoms with Gasteiger partial charge in [-0.05, 0) is 125 Å². The highest BCUT2D eigenvalue weighted by atomic mass is 15.1. The molecule has 11 rings (SSSR count). The standard InChI is InChI=1S/C60H53N/c1-57(2,3)39-27-25-38(26-28-39)43-32-29-40(58(4,5)6)35-56(43)61(41-30-33-48-44-17-9-13-21-50(44)59(7,8)54(48)36-41)42-31-34-49-47-20-12-16-24-53(47)60(55(49)37-42)51-22-14-10-18-45(51)46-19-11-15-23-52(46)60/h9-37H,1-8H3. The second kappa shape index (κ2) is 13.0. The maximum atomic E-state index is 2.57. The van der Waals surface area contributed by atoms with Crippen LogP contribution >= 0.6 is 0 Å². The van der Waals surface area contributed by atoms with E-state index < -0.39 is 5.41 Å². The van der Waals surface area contributed by atoms with E-state index in [4.69, 9.17) is 0 Å². The van der Waals surface area contributed by atoms with E-state index in [0.29, 0.717) is 0 Å². The third-order valence-corrected chi connectivity index (χ3v) is 14.2. The number of hydrogen-bond donors (Lipinski definition) is 0. The fourth-order valence-electron chi connectivity index (χ4n) is 11.1. The molecule has 0 aromatic heterocycles. The van der Waals surface area contributed by atoms with Crippen LogP contribution in [0.3, 0.4) is 0 Å². The van der Waals surface area contributed by atoms with E-state index >= 15 is 0 Å². The van der Waals surface area contributed by atoms with Crippen molar-refractivity contribution >= 4 is 17.1 Å². The van der Waals surface area contributed by atoms with E-state index in [1.54, 1.807) is 0 Å². The van der Waals surface area contributed by atoms with Gasteiger partial charge in [0.2, 0.25) is 0 Å². The van der Waals surface area contributed by atoms with E-state index in [9.17, 15) is 0 Å². The molecule has 1 heteroatoms. The quantitative estimate of drug-likeness (QED) is 0.172. The van der Waals surface area contributed by atoms with Crippen LogP contribution in [0.5, 0.6) is 0 Å². The Morgan fingerprint density at radius 3 is 1.25 bits per heavy atom. The predicted molar refractivity (Wildman–Crippen MR) is 258 cm³/mol. The monoisotopic (exact) mass is 787 g/mol. The van der Waals surface area contributed by atoms with E-state index in [-0.39, 0.29) is 16.2 Å². The molecule has 8 aromatic carbocycles. The topological polar surface area (TPSA) is 3.24 Å². The smallest absolute Gasteiger partial charge is 0.0726 e. The summed E-state index contributed by atoms with van der Waals surface area (Å²) in [5.41, 5.74) is 24.1. The highest BCUT2D eigenvalue weighted by Gasteiger charge is 2.51. The highest BCUT2D eigenvalue weighted by Crippen LogP contribution is 2.63. The molecule has 0 saturated heterocycles. The Kier molecular flexibility index (Phi) is 8.02. The molecule has 1 nitrogen and oxygen atoms in total. The number of hydrogen-bond acceptors (Lipinski definition) is 1. The van der Waals surface area contributed by atoms with Crippen molar-refractivity contribution in [2.24, 2.45) is 0 Å². The van der Waals surface area contributed by atoms with Crippen molar-refractivity contribution in [2.45, 2.75) is 77.0 Å². The maximum Gasteiger partial charge on any atom is 0.0726 e. The minimum Gasteiger partial charge on any atom is -0.310 e. The van der Waals surface area contributed by atoms with E-state index in [2.05, 4.69) is 236 Å². The van der Waals surface area contributed by atoms with Crippen molar-refractivity contribution in [3.63, 3.8) is 0 Å². The second-order valence-corrected chi connectivity index (χ2v) is 20.2. The lowest BCUT2D eigenvalue weighted by atomic mass is 9.70. The molecule has 0 radical (unpaired) electrons. The van der Waals surface area contributed by atoms with Crippen molar-refractivity contribution in [3.8, 4) is 44.5 Å². The molecule has 0 heterocycles. The van der Waals surface area contributed by atoms with Gasteiger partial charge in [0.05, 0.1) is 11.1 Å². The van der Waals surface area contributed by atoms with Crippen LogP contribution in [0.2, 0.25) is 0 Å². The van der Waals surface area contributed by atoms with Crippen molar-refractivity contribution in [1.29, 1.82) is 0 Å². The van der Waals surface area contributed by atoms with E-state index in [1.807, 2.05) is 0 Å². The number of benzene rings is 8. The molecule has 0 atom stereocenters. The molecule has 8 aromatic rings. The summed E-state index contributed by atoms with van der Waals surface area (Å²) in [4.78, 5) is 2.57. The van der Waals surface area contributed by atoms with Crippen molar-refractivity contribution in [3.05, 3.63) is 220 Å². The van der Waals surface area contributed by atoms with Gasteiger partial charge < -0.3 is 4.90 Å². The Balaban J connectivity index is 1.21. The van der Waals surface area contributed by atoms with Gasteiger partial charge in [-0.1, -0.05) is 201 Å². The first kappa shape index (κ1) is 37.6. The number of rotatable bonds is 4. The molecule has 0 amide bonds. The summed E-state index contributed by atoms with van der Waals surface area (Å²) >= 11 is 0. The molecule has 61 heavy (non-hydrogen) atoms. The summed E-state index contributed by atoms with van der Waals surface area (Å²) in [6.07, 6.45) is 0. The van der Waals surface area contributed by atoms with Gasteiger partial charge in [-0.25, -0.2) is 0 Å². The van der Waals surface area contributed by atoms with Crippen LogP contribution in [0.15, 0.2) is 176 Å². The average Bonchev–Trinajstić information content (AvgIpc) is 3.81. The van der Waals surface area contributed by atoms with Crippen LogP contribution < -0.4 is 4.90 Å². The Morgan fingerprint density at radius 2 is 0.738 bits per heavy atom. The highest BCUT2D eigenvalue weighted by molar-refractivity contribution is 5.97. The number of anilines is 3. The molecular weight excluding hydrogens is 735 g/mol. The summed E-state index contributed by atoms with van der Waals surface area (Å²) in [7, 11) is 0. The van der Waals surface area contributed by atoms with Crippen LogP contribution in [0, 0.1) is 0 Å². The lowest BCUT2D eigenvalue weighted by Crippen LogP contribution is -2.26. The summed E-state index contributed by atoms with van der Waals surface area (Å²) in [6.45, 7) is 18.6. The van der Waals surface area contributed by atoms with Gasteiger partial charge in [-0.3, -0.25) is 0 Å². The van der Waals surface area contributed by atoms with Gasteiger partial charge in [0.25, 0.3) is 0 Å². The summed E-state index contributed by atoms with van der Waals surface area (Å²) in [5, 5.41) is 0. The normalized spacial score (nSPS) is 14.8. The molecule has 0 bridgehead atoms. The Morgan fingerprint density at radius 1 is 0.344 bits per heavy atom. The van der Waals surface area contributed by atoms with Gasteiger partial charge in [0, 0.05) is 22.4 Å². The van der Waals surface area contributed by atoms with E-state index in [1.165, 1.54) is 94.7 Å². The predicted octanol–water partition coefficient (Wildman–Crippen LogP) is 16.1. The van der Waals surface area contributed by atoms with Crippen molar-refractivity contribution in [2.75, 3.05) is 4.90 Å². The minimum absolute atomic E-state index is 0.0580. The number of nitrogens with zero attached hydrogens (tertiary/aromatic N) is 1. The molecule has 1 spiro atoms. The van der Waals surface area contributed by atoms with Gasteiger partial charge >= 0.3 is 0 Å². The first-order chi connectivity index (χ1) is 29.3. The van der Waals surface area contributed by atoms with Crippen molar-refractivity contribution in [1.82, 2.24) is 0 Å². The van der Waals surface area contributed by atoms with Gasteiger partial charge in [-0.2, -0.15) is 0 Å². The summed E-state index contributed by atoms with van der Waals surface area (Å²) in [5.74, 6) is 0. The van der Waals surface area contributed by atoms with Gasteiger partial charge in [0.1, 0.15) is 0 Å². The van der Waals surface area contributed by atoms with Crippen LogP contribution in [0.25, 0.3) is 44.5 Å². The molecule has 0 fully saturated rings. The molecule has 298 valence electrons. The lowest BCUT2D eigenvalue weighted by molar-refractivity contribution is 0.590. The number of fused-ring (bicyclic) bond motifs is 13. The Hall–Kier alpha value is -6.44. The zero-order chi connectivity index (χ0) is 42.1. The summed E-state index contributed by atoms with van der Waals surface area (Å²) in [6, 6.07) is 67.4. The second-order valence-electron chi connectivity index (χ2n) is 20.2. The summed E-state index contributed by atoms with van der Waals surface area (Å²) < 4.78 is 0. The van der Waals surface area contributed by atoms with Gasteiger partial charge in [-0.15, -0.1) is 0 Å². The first-order valence-electron chi connectivity index (χ1n) is 22.0. The lowest BCUT2D eigenvalue weighted by Gasteiger charge is -2.34. The first-order valence-corrected chi connectivity index (χ1v) is 22.0. The zero-order valence-corrected chi connectivity index (χ0v) is 36.7. The van der Waals surface area contributed by atoms with Crippen LogP contribution in [-0.2, 0) is 21.7 Å². The average molecular weight is 788 g/mol. The van der Waals surface area contributed by atoms with Crippen LogP contribution in [0.4, 0.5) is 17.1 Å². The molecule has 0 N–H and O–H groups in total. The maximum absolute atomic E-state index is 2.57.